The Bertz CT molecular complexity index is 1420. The molecule has 0 amide bonds. The van der Waals surface area contributed by atoms with Crippen LogP contribution in [-0.4, -0.2) is 15.9 Å². The van der Waals surface area contributed by atoms with Gasteiger partial charge in [0.25, 0.3) is 5.56 Å². The first kappa shape index (κ1) is 18.6. The van der Waals surface area contributed by atoms with E-state index in [9.17, 15) is 4.79 Å². The fourth-order valence-corrected chi connectivity index (χ4v) is 4.72. The summed E-state index contributed by atoms with van der Waals surface area (Å²) in [5.74, 6) is 0. The van der Waals surface area contributed by atoms with Crippen LogP contribution in [0.15, 0.2) is 83.7 Å². The van der Waals surface area contributed by atoms with E-state index < -0.39 is 0 Å². The van der Waals surface area contributed by atoms with Crippen molar-refractivity contribution in [3.8, 4) is 0 Å². The molecule has 0 saturated carbocycles. The van der Waals surface area contributed by atoms with E-state index in [0.717, 1.165) is 34.6 Å². The Labute approximate surface area is 178 Å². The highest BCUT2D eigenvalue weighted by Gasteiger charge is 2.10. The minimum absolute atomic E-state index is 0.00737. The Morgan fingerprint density at radius 3 is 2.47 bits per heavy atom. The van der Waals surface area contributed by atoms with Crippen molar-refractivity contribution in [2.24, 2.45) is 0 Å². The van der Waals surface area contributed by atoms with Gasteiger partial charge < -0.3 is 4.90 Å². The second kappa shape index (κ2) is 7.76. The lowest BCUT2D eigenvalue weighted by atomic mass is 10.1. The van der Waals surface area contributed by atoms with Gasteiger partial charge in [-0.1, -0.05) is 65.9 Å². The van der Waals surface area contributed by atoms with Gasteiger partial charge in [0, 0.05) is 18.8 Å². The molecule has 0 radical (unpaired) electrons. The van der Waals surface area contributed by atoms with Crippen LogP contribution in [0.4, 0.5) is 5.69 Å². The molecule has 3 aromatic carbocycles. The summed E-state index contributed by atoms with van der Waals surface area (Å²) in [6.07, 6.45) is 1.95. The lowest BCUT2D eigenvalue weighted by Gasteiger charge is -2.23. The van der Waals surface area contributed by atoms with Crippen molar-refractivity contribution in [1.82, 2.24) is 9.38 Å². The van der Waals surface area contributed by atoms with Gasteiger partial charge in [0.05, 0.1) is 15.6 Å². The normalized spacial score (nSPS) is 12.1. The Kier molecular flexibility index (Phi) is 4.81. The van der Waals surface area contributed by atoms with Crippen LogP contribution < -0.4 is 15.0 Å². The number of benzene rings is 3. The van der Waals surface area contributed by atoms with E-state index >= 15 is 0 Å². The topological polar surface area (TPSA) is 37.6 Å². The summed E-state index contributed by atoms with van der Waals surface area (Å²) in [7, 11) is 0. The fraction of sp³-hybridized carbons (Fsp3) is 0.120. The van der Waals surface area contributed by atoms with Gasteiger partial charge in [0.1, 0.15) is 0 Å². The van der Waals surface area contributed by atoms with E-state index in [0.29, 0.717) is 4.53 Å². The van der Waals surface area contributed by atoms with Crippen LogP contribution >= 0.6 is 11.3 Å². The number of rotatable bonds is 5. The van der Waals surface area contributed by atoms with E-state index in [1.165, 1.54) is 22.6 Å². The molecule has 0 N–H and O–H groups in total. The molecule has 2 aromatic heterocycles. The predicted molar refractivity (Wildman–Crippen MR) is 125 cm³/mol. The van der Waals surface area contributed by atoms with E-state index in [4.69, 9.17) is 0 Å². The third-order valence-electron chi connectivity index (χ3n) is 5.30. The van der Waals surface area contributed by atoms with E-state index in [-0.39, 0.29) is 5.56 Å². The molecule has 2 heterocycles. The van der Waals surface area contributed by atoms with Crippen molar-refractivity contribution in [3.63, 3.8) is 0 Å². The molecule has 0 aliphatic rings. The quantitative estimate of drug-likeness (QED) is 0.428. The van der Waals surface area contributed by atoms with Gasteiger partial charge in [-0.3, -0.25) is 4.79 Å². The zero-order valence-corrected chi connectivity index (χ0v) is 17.5. The van der Waals surface area contributed by atoms with Gasteiger partial charge in [-0.05, 0) is 48.4 Å². The zero-order chi connectivity index (χ0) is 20.5. The van der Waals surface area contributed by atoms with Crippen LogP contribution in [0.5, 0.6) is 0 Å². The number of anilines is 1. The summed E-state index contributed by atoms with van der Waals surface area (Å²) in [4.78, 5) is 20.6. The van der Waals surface area contributed by atoms with Crippen molar-refractivity contribution in [2.75, 3.05) is 11.4 Å². The Morgan fingerprint density at radius 1 is 0.967 bits per heavy atom. The molecule has 0 bridgehead atoms. The highest BCUT2D eigenvalue weighted by molar-refractivity contribution is 7.15. The number of hydrogen-bond acceptors (Lipinski definition) is 4. The van der Waals surface area contributed by atoms with E-state index in [2.05, 4.69) is 65.3 Å². The molecule has 5 rings (SSSR count). The van der Waals surface area contributed by atoms with Crippen LogP contribution in [0.1, 0.15) is 18.1 Å². The molecule has 5 aromatic rings. The summed E-state index contributed by atoms with van der Waals surface area (Å²) in [5, 5.41) is 0. The lowest BCUT2D eigenvalue weighted by molar-refractivity contribution is 0.832. The first-order valence-corrected chi connectivity index (χ1v) is 10.9. The average Bonchev–Trinajstić information content (AvgIpc) is 3.29. The SMILES string of the molecule is CCN(Cc1ccccc1)c1ccc(/C=c2\sc3nc4ccccc4n3c2=O)cc1. The molecule has 0 spiro atoms. The molecular weight excluding hydrogens is 390 g/mol. The van der Waals surface area contributed by atoms with Crippen LogP contribution in [0, 0.1) is 0 Å². The lowest BCUT2D eigenvalue weighted by Crippen LogP contribution is -2.23. The standard InChI is InChI=1S/C25H21N3OS/c1-2-27(17-19-8-4-3-5-9-19)20-14-12-18(13-15-20)16-23-24(29)28-22-11-7-6-10-21(22)26-25(28)30-23/h3-16H,2,17H2,1H3/b23-16-. The van der Waals surface area contributed by atoms with Gasteiger partial charge in [0.2, 0.25) is 0 Å². The highest BCUT2D eigenvalue weighted by atomic mass is 32.1. The number of fused-ring (bicyclic) bond motifs is 3. The molecule has 5 heteroatoms. The predicted octanol–water partition coefficient (Wildman–Crippen LogP) is 4.48. The minimum atomic E-state index is -0.00737. The molecule has 30 heavy (non-hydrogen) atoms. The largest absolute Gasteiger partial charge is 0.367 e. The van der Waals surface area contributed by atoms with Gasteiger partial charge in [0.15, 0.2) is 4.96 Å². The molecular formula is C25H21N3OS. The molecule has 0 atom stereocenters. The number of nitrogens with zero attached hydrogens (tertiary/aromatic N) is 3. The molecule has 0 saturated heterocycles. The summed E-state index contributed by atoms with van der Waals surface area (Å²) >= 11 is 1.43. The smallest absolute Gasteiger partial charge is 0.274 e. The number of thiazole rings is 1. The number of aromatic nitrogens is 2. The van der Waals surface area contributed by atoms with Crippen LogP contribution in [-0.2, 0) is 6.54 Å². The van der Waals surface area contributed by atoms with Gasteiger partial charge >= 0.3 is 0 Å². The average molecular weight is 412 g/mol. The fourth-order valence-electron chi connectivity index (χ4n) is 3.73. The molecule has 0 fully saturated rings. The molecule has 0 unspecified atom stereocenters. The third-order valence-corrected chi connectivity index (χ3v) is 6.27. The Morgan fingerprint density at radius 2 is 1.70 bits per heavy atom. The Hall–Kier alpha value is -3.44. The summed E-state index contributed by atoms with van der Waals surface area (Å²) in [6, 6.07) is 26.6. The highest BCUT2D eigenvalue weighted by Crippen LogP contribution is 2.19. The zero-order valence-electron chi connectivity index (χ0n) is 16.7. The van der Waals surface area contributed by atoms with E-state index in [1.807, 2.05) is 36.4 Å². The van der Waals surface area contributed by atoms with Crippen molar-refractivity contribution in [2.45, 2.75) is 13.5 Å². The van der Waals surface area contributed by atoms with Gasteiger partial charge in [-0.25, -0.2) is 9.38 Å². The van der Waals surface area contributed by atoms with Crippen LogP contribution in [0.3, 0.4) is 0 Å². The van der Waals surface area contributed by atoms with E-state index in [1.54, 1.807) is 4.40 Å². The van der Waals surface area contributed by atoms with Crippen molar-refractivity contribution >= 4 is 39.1 Å². The van der Waals surface area contributed by atoms with Gasteiger partial charge in [-0.2, -0.15) is 0 Å². The summed E-state index contributed by atoms with van der Waals surface area (Å²) in [5.41, 5.74) is 5.19. The van der Waals surface area contributed by atoms with Gasteiger partial charge in [-0.15, -0.1) is 0 Å². The molecule has 4 nitrogen and oxygen atoms in total. The first-order chi connectivity index (χ1) is 14.7. The molecule has 0 aliphatic carbocycles. The van der Waals surface area contributed by atoms with Crippen LogP contribution in [0.25, 0.3) is 22.1 Å². The number of para-hydroxylation sites is 2. The maximum absolute atomic E-state index is 12.9. The minimum Gasteiger partial charge on any atom is -0.367 e. The maximum atomic E-state index is 12.9. The summed E-state index contributed by atoms with van der Waals surface area (Å²) < 4.78 is 2.41. The number of hydrogen-bond donors (Lipinski definition) is 0. The van der Waals surface area contributed by atoms with Crippen molar-refractivity contribution < 1.29 is 0 Å². The third kappa shape index (κ3) is 3.37. The monoisotopic (exact) mass is 411 g/mol. The first-order valence-electron chi connectivity index (χ1n) is 10.0. The second-order valence-electron chi connectivity index (χ2n) is 7.23. The summed E-state index contributed by atoms with van der Waals surface area (Å²) in [6.45, 7) is 3.97. The molecule has 0 aliphatic heterocycles. The second-order valence-corrected chi connectivity index (χ2v) is 8.23. The number of imidazole rings is 1. The maximum Gasteiger partial charge on any atom is 0.274 e. The van der Waals surface area contributed by atoms with Crippen molar-refractivity contribution in [1.29, 1.82) is 0 Å². The van der Waals surface area contributed by atoms with Crippen LogP contribution in [0.2, 0.25) is 0 Å². The molecule has 148 valence electrons. The van der Waals surface area contributed by atoms with Crippen molar-refractivity contribution in [3.05, 3.63) is 105 Å². The Balaban J connectivity index is 1.46.